The molecule has 6 nitrogen and oxygen atoms in total. The third-order valence-corrected chi connectivity index (χ3v) is 2.60. The van der Waals surface area contributed by atoms with E-state index < -0.39 is 16.8 Å². The Morgan fingerprint density at radius 1 is 1.61 bits per heavy atom. The molecule has 98 valence electrons. The maximum absolute atomic E-state index is 11.2. The average molecular weight is 273 g/mol. The lowest BCUT2D eigenvalue weighted by Crippen LogP contribution is -2.17. The Bertz CT molecular complexity index is 476. The molecule has 1 heterocycles. The maximum Gasteiger partial charge on any atom is 0.312 e. The molecular weight excluding hydrogens is 260 g/mol. The van der Waals surface area contributed by atoms with E-state index in [4.69, 9.17) is 16.7 Å². The summed E-state index contributed by atoms with van der Waals surface area (Å²) >= 11 is 5.64. The second-order valence-electron chi connectivity index (χ2n) is 4.34. The molecule has 1 atom stereocenters. The molecule has 0 aliphatic rings. The van der Waals surface area contributed by atoms with Crippen LogP contribution in [0.25, 0.3) is 0 Å². The Kier molecular flexibility index (Phi) is 4.61. The van der Waals surface area contributed by atoms with Gasteiger partial charge in [0.2, 0.25) is 0 Å². The van der Waals surface area contributed by atoms with Crippen LogP contribution in [-0.2, 0) is 4.79 Å². The number of aromatic nitrogens is 1. The van der Waals surface area contributed by atoms with Crippen LogP contribution in [0, 0.1) is 16.0 Å². The van der Waals surface area contributed by atoms with Crippen molar-refractivity contribution in [2.75, 3.05) is 0 Å². The molecule has 7 heteroatoms. The van der Waals surface area contributed by atoms with Gasteiger partial charge in [0.25, 0.3) is 5.69 Å². The summed E-state index contributed by atoms with van der Waals surface area (Å²) in [5.74, 6) is -2.03. The molecule has 0 saturated heterocycles. The van der Waals surface area contributed by atoms with Crippen molar-refractivity contribution in [1.82, 2.24) is 4.98 Å². The standard InChI is InChI=1S/C11H13ClN2O4/c1-6(2)3-8(11(15)16)10-9(14(17)18)4-7(12)5-13-10/h4-6,8H,3H2,1-2H3,(H,15,16). The third-order valence-electron chi connectivity index (χ3n) is 2.40. The summed E-state index contributed by atoms with van der Waals surface area (Å²) < 4.78 is 0. The molecule has 18 heavy (non-hydrogen) atoms. The molecule has 0 radical (unpaired) electrons. The van der Waals surface area contributed by atoms with Crippen molar-refractivity contribution in [1.29, 1.82) is 0 Å². The van der Waals surface area contributed by atoms with E-state index in [0.29, 0.717) is 0 Å². The summed E-state index contributed by atoms with van der Waals surface area (Å²) in [6, 6.07) is 1.13. The quantitative estimate of drug-likeness (QED) is 0.657. The second-order valence-corrected chi connectivity index (χ2v) is 4.77. The zero-order chi connectivity index (χ0) is 13.9. The van der Waals surface area contributed by atoms with Gasteiger partial charge in [-0.15, -0.1) is 0 Å². The molecule has 1 unspecified atom stereocenters. The molecule has 1 rings (SSSR count). The van der Waals surface area contributed by atoms with Crippen molar-refractivity contribution in [3.05, 3.63) is 33.1 Å². The maximum atomic E-state index is 11.2. The molecule has 1 N–H and O–H groups in total. The number of hydrogen-bond acceptors (Lipinski definition) is 4. The lowest BCUT2D eigenvalue weighted by molar-refractivity contribution is -0.386. The Morgan fingerprint density at radius 3 is 2.67 bits per heavy atom. The van der Waals surface area contributed by atoms with Crippen molar-refractivity contribution in [3.8, 4) is 0 Å². The minimum absolute atomic E-state index is 0.0504. The molecule has 0 saturated carbocycles. The van der Waals surface area contributed by atoms with Gasteiger partial charge in [0, 0.05) is 12.3 Å². The molecular formula is C11H13ClN2O4. The van der Waals surface area contributed by atoms with E-state index in [1.54, 1.807) is 0 Å². The van der Waals surface area contributed by atoms with Crippen molar-refractivity contribution >= 4 is 23.3 Å². The first kappa shape index (κ1) is 14.4. The van der Waals surface area contributed by atoms with Gasteiger partial charge in [-0.05, 0) is 12.3 Å². The van der Waals surface area contributed by atoms with Gasteiger partial charge in [-0.1, -0.05) is 25.4 Å². The fourth-order valence-corrected chi connectivity index (χ4v) is 1.81. The number of hydrogen-bond donors (Lipinski definition) is 1. The van der Waals surface area contributed by atoms with Gasteiger partial charge < -0.3 is 5.11 Å². The highest BCUT2D eigenvalue weighted by molar-refractivity contribution is 6.30. The van der Waals surface area contributed by atoms with Gasteiger partial charge in [0.05, 0.1) is 9.95 Å². The number of nitro groups is 1. The molecule has 0 spiro atoms. The van der Waals surface area contributed by atoms with Crippen LogP contribution in [0.4, 0.5) is 5.69 Å². The minimum atomic E-state index is -1.12. The molecule has 1 aromatic heterocycles. The minimum Gasteiger partial charge on any atom is -0.481 e. The zero-order valence-electron chi connectivity index (χ0n) is 9.96. The van der Waals surface area contributed by atoms with E-state index in [0.717, 1.165) is 6.07 Å². The van der Waals surface area contributed by atoms with Crippen molar-refractivity contribution < 1.29 is 14.8 Å². The first-order valence-electron chi connectivity index (χ1n) is 5.35. The third kappa shape index (κ3) is 3.40. The van der Waals surface area contributed by atoms with Crippen LogP contribution in [0.2, 0.25) is 5.02 Å². The molecule has 1 aromatic rings. The topological polar surface area (TPSA) is 93.3 Å². The second kappa shape index (κ2) is 5.77. The van der Waals surface area contributed by atoms with Crippen molar-refractivity contribution in [2.45, 2.75) is 26.2 Å². The summed E-state index contributed by atoms with van der Waals surface area (Å²) in [6.07, 6.45) is 1.50. The summed E-state index contributed by atoms with van der Waals surface area (Å²) in [6.45, 7) is 3.69. The predicted molar refractivity (Wildman–Crippen MR) is 65.7 cm³/mol. The molecule has 0 bridgehead atoms. The van der Waals surface area contributed by atoms with E-state index in [2.05, 4.69) is 4.98 Å². The predicted octanol–water partition coefficient (Wildman–Crippen LogP) is 2.86. The average Bonchev–Trinajstić information content (AvgIpc) is 2.25. The molecule has 0 amide bonds. The van der Waals surface area contributed by atoms with Crippen LogP contribution in [-0.4, -0.2) is 21.0 Å². The van der Waals surface area contributed by atoms with Crippen LogP contribution in [0.1, 0.15) is 31.9 Å². The van der Waals surface area contributed by atoms with Crippen LogP contribution in [0.15, 0.2) is 12.3 Å². The van der Waals surface area contributed by atoms with Gasteiger partial charge in [0.1, 0.15) is 11.6 Å². The highest BCUT2D eigenvalue weighted by Gasteiger charge is 2.30. The SMILES string of the molecule is CC(C)CC(C(=O)O)c1ncc(Cl)cc1[N+](=O)[O-]. The first-order chi connectivity index (χ1) is 8.32. The highest BCUT2D eigenvalue weighted by Crippen LogP contribution is 2.31. The monoisotopic (exact) mass is 272 g/mol. The van der Waals surface area contributed by atoms with Gasteiger partial charge in [0.15, 0.2) is 0 Å². The van der Waals surface area contributed by atoms with Crippen LogP contribution in [0.3, 0.4) is 0 Å². The van der Waals surface area contributed by atoms with Gasteiger partial charge in [-0.25, -0.2) is 0 Å². The van der Waals surface area contributed by atoms with E-state index in [9.17, 15) is 14.9 Å². The highest BCUT2D eigenvalue weighted by atomic mass is 35.5. The lowest BCUT2D eigenvalue weighted by Gasteiger charge is -2.14. The van der Waals surface area contributed by atoms with Gasteiger partial charge >= 0.3 is 5.97 Å². The molecule has 0 aliphatic heterocycles. The Morgan fingerprint density at radius 2 is 2.22 bits per heavy atom. The molecule has 0 aliphatic carbocycles. The summed E-state index contributed by atoms with van der Waals surface area (Å²) in [7, 11) is 0. The van der Waals surface area contributed by atoms with Crippen LogP contribution >= 0.6 is 11.6 Å². The van der Waals surface area contributed by atoms with E-state index in [1.165, 1.54) is 6.20 Å². The Hall–Kier alpha value is -1.69. The number of nitrogens with zero attached hydrogens (tertiary/aromatic N) is 2. The number of carbonyl (C=O) groups is 1. The fraction of sp³-hybridized carbons (Fsp3) is 0.455. The number of aliphatic carboxylic acids is 1. The lowest BCUT2D eigenvalue weighted by atomic mass is 9.93. The fourth-order valence-electron chi connectivity index (χ4n) is 1.65. The van der Waals surface area contributed by atoms with Gasteiger partial charge in [-0.3, -0.25) is 19.9 Å². The number of carboxylic acids is 1. The van der Waals surface area contributed by atoms with Gasteiger partial charge in [-0.2, -0.15) is 0 Å². The number of halogens is 1. The van der Waals surface area contributed by atoms with E-state index >= 15 is 0 Å². The zero-order valence-corrected chi connectivity index (χ0v) is 10.7. The van der Waals surface area contributed by atoms with Crippen molar-refractivity contribution in [3.63, 3.8) is 0 Å². The first-order valence-corrected chi connectivity index (χ1v) is 5.73. The smallest absolute Gasteiger partial charge is 0.312 e. The van der Waals surface area contributed by atoms with E-state index in [-0.39, 0.29) is 28.7 Å². The van der Waals surface area contributed by atoms with E-state index in [1.807, 2.05) is 13.8 Å². The number of rotatable bonds is 5. The Labute approximate surface area is 109 Å². The van der Waals surface area contributed by atoms with Crippen LogP contribution < -0.4 is 0 Å². The summed E-state index contributed by atoms with van der Waals surface area (Å²) in [5.41, 5.74) is -0.402. The normalized spacial score (nSPS) is 12.4. The largest absolute Gasteiger partial charge is 0.481 e. The molecule has 0 aromatic carbocycles. The summed E-state index contributed by atoms with van der Waals surface area (Å²) in [4.78, 5) is 25.3. The molecule has 0 fully saturated rings. The summed E-state index contributed by atoms with van der Waals surface area (Å²) in [5, 5.41) is 20.2. The number of carboxylic acid groups (broad SMARTS) is 1. The Balaban J connectivity index is 3.27. The van der Waals surface area contributed by atoms with Crippen molar-refractivity contribution in [2.24, 2.45) is 5.92 Å². The number of pyridine rings is 1. The van der Waals surface area contributed by atoms with Crippen LogP contribution in [0.5, 0.6) is 0 Å².